The van der Waals surface area contributed by atoms with E-state index < -0.39 is 0 Å². The number of nitriles is 1. The smallest absolute Gasteiger partial charge is 0.0994 e. The molecular formula is C12H15N. The predicted octanol–water partition coefficient (Wildman–Crippen LogP) is 3.07. The van der Waals surface area contributed by atoms with Crippen molar-refractivity contribution in [2.24, 2.45) is 5.92 Å². The summed E-state index contributed by atoms with van der Waals surface area (Å²) in [5, 5.41) is 8.91. The van der Waals surface area contributed by atoms with E-state index in [1.165, 1.54) is 11.1 Å². The topological polar surface area (TPSA) is 23.8 Å². The van der Waals surface area contributed by atoms with E-state index in [-0.39, 0.29) is 0 Å². The second-order valence-electron chi connectivity index (χ2n) is 3.81. The molecule has 68 valence electrons. The van der Waals surface area contributed by atoms with Gasteiger partial charge in [-0.2, -0.15) is 5.26 Å². The lowest BCUT2D eigenvalue weighted by atomic mass is 9.94. The molecule has 13 heavy (non-hydrogen) atoms. The van der Waals surface area contributed by atoms with Crippen LogP contribution in [0, 0.1) is 24.2 Å². The lowest BCUT2D eigenvalue weighted by Crippen LogP contribution is -1.99. The summed E-state index contributed by atoms with van der Waals surface area (Å²) >= 11 is 0. The summed E-state index contributed by atoms with van der Waals surface area (Å²) in [6.07, 6.45) is 0.996. The van der Waals surface area contributed by atoms with Gasteiger partial charge in [-0.3, -0.25) is 0 Å². The first-order valence-corrected chi connectivity index (χ1v) is 4.63. The van der Waals surface area contributed by atoms with Gasteiger partial charge in [-0.05, 0) is 36.5 Å². The first-order chi connectivity index (χ1) is 6.15. The zero-order valence-electron chi connectivity index (χ0n) is 8.46. The molecule has 0 unspecified atom stereocenters. The van der Waals surface area contributed by atoms with Crippen LogP contribution in [0.25, 0.3) is 0 Å². The van der Waals surface area contributed by atoms with Gasteiger partial charge in [0.15, 0.2) is 0 Å². The Kier molecular flexibility index (Phi) is 3.08. The predicted molar refractivity (Wildman–Crippen MR) is 54.4 cm³/mol. The van der Waals surface area contributed by atoms with Crippen LogP contribution in [0.3, 0.4) is 0 Å². The van der Waals surface area contributed by atoms with Crippen molar-refractivity contribution < 1.29 is 0 Å². The monoisotopic (exact) mass is 173 g/mol. The van der Waals surface area contributed by atoms with E-state index in [0.29, 0.717) is 5.92 Å². The number of benzene rings is 1. The lowest BCUT2D eigenvalue weighted by molar-refractivity contribution is 0.644. The summed E-state index contributed by atoms with van der Waals surface area (Å²) in [6.45, 7) is 6.42. The SMILES string of the molecule is Cc1cccc(C#N)c1CC(C)C. The van der Waals surface area contributed by atoms with Crippen LogP contribution in [0.2, 0.25) is 0 Å². The number of hydrogen-bond donors (Lipinski definition) is 0. The highest BCUT2D eigenvalue weighted by Gasteiger charge is 2.06. The summed E-state index contributed by atoms with van der Waals surface area (Å²) < 4.78 is 0. The molecule has 1 nitrogen and oxygen atoms in total. The first kappa shape index (κ1) is 9.80. The molecule has 0 saturated heterocycles. The maximum atomic E-state index is 8.91. The van der Waals surface area contributed by atoms with E-state index in [1.807, 2.05) is 12.1 Å². The minimum atomic E-state index is 0.605. The average molecular weight is 173 g/mol. The van der Waals surface area contributed by atoms with E-state index in [9.17, 15) is 0 Å². The van der Waals surface area contributed by atoms with E-state index in [2.05, 4.69) is 32.9 Å². The van der Waals surface area contributed by atoms with Gasteiger partial charge in [-0.1, -0.05) is 26.0 Å². The second kappa shape index (κ2) is 4.09. The van der Waals surface area contributed by atoms with Gasteiger partial charge in [-0.25, -0.2) is 0 Å². The van der Waals surface area contributed by atoms with Crippen LogP contribution in [0.1, 0.15) is 30.5 Å². The molecule has 1 aromatic carbocycles. The molecule has 0 heterocycles. The largest absolute Gasteiger partial charge is 0.192 e. The van der Waals surface area contributed by atoms with E-state index >= 15 is 0 Å². The Bertz CT molecular complexity index is 331. The lowest BCUT2D eigenvalue weighted by Gasteiger charge is -2.09. The molecule has 0 radical (unpaired) electrons. The zero-order chi connectivity index (χ0) is 9.84. The molecular weight excluding hydrogens is 158 g/mol. The van der Waals surface area contributed by atoms with Gasteiger partial charge in [-0.15, -0.1) is 0 Å². The first-order valence-electron chi connectivity index (χ1n) is 4.63. The van der Waals surface area contributed by atoms with Crippen molar-refractivity contribution in [3.8, 4) is 6.07 Å². The summed E-state index contributed by atoms with van der Waals surface area (Å²) in [4.78, 5) is 0. The van der Waals surface area contributed by atoms with Crippen LogP contribution in [-0.2, 0) is 6.42 Å². The van der Waals surface area contributed by atoms with Gasteiger partial charge in [0.2, 0.25) is 0 Å². The Morgan fingerprint density at radius 3 is 2.62 bits per heavy atom. The highest BCUT2D eigenvalue weighted by Crippen LogP contribution is 2.17. The molecule has 0 aliphatic rings. The Morgan fingerprint density at radius 1 is 1.38 bits per heavy atom. The van der Waals surface area contributed by atoms with Crippen molar-refractivity contribution in [1.29, 1.82) is 5.26 Å². The molecule has 0 atom stereocenters. The Hall–Kier alpha value is -1.29. The van der Waals surface area contributed by atoms with Gasteiger partial charge in [0.1, 0.15) is 0 Å². The van der Waals surface area contributed by atoms with Crippen LogP contribution >= 0.6 is 0 Å². The summed E-state index contributed by atoms with van der Waals surface area (Å²) in [6, 6.07) is 8.15. The molecule has 1 rings (SSSR count). The quantitative estimate of drug-likeness (QED) is 0.674. The van der Waals surface area contributed by atoms with Crippen LogP contribution in [0.15, 0.2) is 18.2 Å². The van der Waals surface area contributed by atoms with Crippen LogP contribution in [0.5, 0.6) is 0 Å². The fourth-order valence-electron chi connectivity index (χ4n) is 1.49. The second-order valence-corrected chi connectivity index (χ2v) is 3.81. The summed E-state index contributed by atoms with van der Waals surface area (Å²) in [5.74, 6) is 0.605. The van der Waals surface area contributed by atoms with Gasteiger partial charge in [0, 0.05) is 0 Å². The third-order valence-electron chi connectivity index (χ3n) is 2.14. The van der Waals surface area contributed by atoms with E-state index in [0.717, 1.165) is 12.0 Å². The van der Waals surface area contributed by atoms with Gasteiger partial charge >= 0.3 is 0 Å². The van der Waals surface area contributed by atoms with Gasteiger partial charge in [0.25, 0.3) is 0 Å². The van der Waals surface area contributed by atoms with Crippen molar-refractivity contribution in [2.45, 2.75) is 27.2 Å². The molecule has 0 fully saturated rings. The molecule has 0 amide bonds. The van der Waals surface area contributed by atoms with Crippen LogP contribution < -0.4 is 0 Å². The standard InChI is InChI=1S/C12H15N/c1-9(2)7-12-10(3)5-4-6-11(12)8-13/h4-6,9H,7H2,1-3H3. The molecule has 0 saturated carbocycles. The van der Waals surface area contributed by atoms with Gasteiger partial charge in [0.05, 0.1) is 11.6 Å². The van der Waals surface area contributed by atoms with Crippen molar-refractivity contribution in [3.63, 3.8) is 0 Å². The molecule has 0 spiro atoms. The van der Waals surface area contributed by atoms with E-state index in [4.69, 9.17) is 5.26 Å². The Balaban J connectivity index is 3.10. The number of hydrogen-bond acceptors (Lipinski definition) is 1. The molecule has 0 aliphatic heterocycles. The maximum Gasteiger partial charge on any atom is 0.0994 e. The minimum absolute atomic E-state index is 0.605. The van der Waals surface area contributed by atoms with Crippen molar-refractivity contribution in [3.05, 3.63) is 34.9 Å². The molecule has 1 aromatic rings. The van der Waals surface area contributed by atoms with Crippen LogP contribution in [-0.4, -0.2) is 0 Å². The van der Waals surface area contributed by atoms with Crippen LogP contribution in [0.4, 0.5) is 0 Å². The minimum Gasteiger partial charge on any atom is -0.192 e. The fourth-order valence-corrected chi connectivity index (χ4v) is 1.49. The van der Waals surface area contributed by atoms with Crippen molar-refractivity contribution in [2.75, 3.05) is 0 Å². The third kappa shape index (κ3) is 2.32. The normalized spacial score (nSPS) is 10.1. The average Bonchev–Trinajstić information content (AvgIpc) is 2.08. The Morgan fingerprint density at radius 2 is 2.08 bits per heavy atom. The molecule has 0 aromatic heterocycles. The third-order valence-corrected chi connectivity index (χ3v) is 2.14. The molecule has 0 N–H and O–H groups in total. The molecule has 0 aliphatic carbocycles. The number of aryl methyl sites for hydroxylation is 1. The molecule has 0 bridgehead atoms. The highest BCUT2D eigenvalue weighted by molar-refractivity contribution is 5.42. The maximum absolute atomic E-state index is 8.91. The summed E-state index contributed by atoms with van der Waals surface area (Å²) in [5.41, 5.74) is 3.27. The van der Waals surface area contributed by atoms with E-state index in [1.54, 1.807) is 0 Å². The Labute approximate surface area is 80.0 Å². The fraction of sp³-hybridized carbons (Fsp3) is 0.417. The number of nitrogens with zero attached hydrogens (tertiary/aromatic N) is 1. The van der Waals surface area contributed by atoms with Crippen molar-refractivity contribution >= 4 is 0 Å². The van der Waals surface area contributed by atoms with Gasteiger partial charge < -0.3 is 0 Å². The van der Waals surface area contributed by atoms with Crippen molar-refractivity contribution in [1.82, 2.24) is 0 Å². The zero-order valence-corrected chi connectivity index (χ0v) is 8.46. The highest BCUT2D eigenvalue weighted by atomic mass is 14.2. The number of rotatable bonds is 2. The molecule has 1 heteroatoms. The summed E-state index contributed by atoms with van der Waals surface area (Å²) in [7, 11) is 0.